The number of nitrogens with one attached hydrogen (secondary N) is 1. The zero-order valence-electron chi connectivity index (χ0n) is 14.5. The summed E-state index contributed by atoms with van der Waals surface area (Å²) in [5.74, 6) is -1.92. The van der Waals surface area contributed by atoms with Crippen LogP contribution < -0.4 is 10.4 Å². The molecule has 1 aliphatic heterocycles. The maximum absolute atomic E-state index is 12.2. The summed E-state index contributed by atoms with van der Waals surface area (Å²) in [6.45, 7) is 1.94. The first kappa shape index (κ1) is 20.1. The van der Waals surface area contributed by atoms with Gasteiger partial charge in [-0.2, -0.15) is 0 Å². The van der Waals surface area contributed by atoms with Gasteiger partial charge in [-0.05, 0) is 30.2 Å². The molecule has 1 aromatic rings. The van der Waals surface area contributed by atoms with Gasteiger partial charge in [-0.1, -0.05) is 55.9 Å². The van der Waals surface area contributed by atoms with Crippen molar-refractivity contribution in [3.05, 3.63) is 40.3 Å². The minimum Gasteiger partial charge on any atom is -0.548 e. The molecule has 1 atom stereocenters. The number of thiocarbonyl (C=S) groups is 1. The smallest absolute Gasteiger partial charge is 0.265 e. The Kier molecular flexibility index (Phi) is 6.93. The fourth-order valence-corrected chi connectivity index (χ4v) is 3.51. The monoisotopic (exact) mass is 391 g/mol. The van der Waals surface area contributed by atoms with E-state index in [-0.39, 0.29) is 5.91 Å². The largest absolute Gasteiger partial charge is 0.548 e. The van der Waals surface area contributed by atoms with Crippen LogP contribution in [0, 0.1) is 0 Å². The van der Waals surface area contributed by atoms with E-state index in [4.69, 9.17) is 12.2 Å². The summed E-state index contributed by atoms with van der Waals surface area (Å²) >= 11 is 6.30. The Morgan fingerprint density at radius 3 is 2.50 bits per heavy atom. The van der Waals surface area contributed by atoms with Crippen LogP contribution >= 0.6 is 24.0 Å². The van der Waals surface area contributed by atoms with Gasteiger partial charge in [0.2, 0.25) is 0 Å². The van der Waals surface area contributed by atoms with Crippen LogP contribution in [-0.2, 0) is 9.59 Å². The van der Waals surface area contributed by atoms with Crippen LogP contribution in [0.25, 0.3) is 6.08 Å². The minimum atomic E-state index is -1.29. The fourth-order valence-electron chi connectivity index (χ4n) is 2.33. The van der Waals surface area contributed by atoms with Crippen LogP contribution in [-0.4, -0.2) is 40.1 Å². The zero-order valence-corrected chi connectivity index (χ0v) is 16.1. The summed E-state index contributed by atoms with van der Waals surface area (Å²) in [5.41, 5.74) is 1.09. The van der Waals surface area contributed by atoms with E-state index in [9.17, 15) is 19.5 Å². The lowest BCUT2D eigenvalue weighted by Crippen LogP contribution is -2.47. The first-order chi connectivity index (χ1) is 12.3. The number of likely N-dealkylation sites (N-methyl/N-ethyl adjacent to an activating group) is 1. The van der Waals surface area contributed by atoms with Gasteiger partial charge < -0.3 is 15.2 Å². The molecular formula is C18H19N2O4S2-. The van der Waals surface area contributed by atoms with Crippen molar-refractivity contribution in [2.75, 3.05) is 7.05 Å². The molecule has 8 heteroatoms. The molecule has 6 nitrogen and oxygen atoms in total. The van der Waals surface area contributed by atoms with Crippen molar-refractivity contribution >= 4 is 52.2 Å². The maximum Gasteiger partial charge on any atom is 0.265 e. The predicted molar refractivity (Wildman–Crippen MR) is 103 cm³/mol. The van der Waals surface area contributed by atoms with Crippen molar-refractivity contribution in [3.63, 3.8) is 0 Å². The number of thioether (sulfide) groups is 1. The second-order valence-electron chi connectivity index (χ2n) is 5.85. The van der Waals surface area contributed by atoms with Gasteiger partial charge in [-0.15, -0.1) is 0 Å². The molecule has 0 aromatic heterocycles. The van der Waals surface area contributed by atoms with Gasteiger partial charge in [-0.25, -0.2) is 0 Å². The molecule has 1 saturated heterocycles. The molecule has 1 aromatic carbocycles. The van der Waals surface area contributed by atoms with E-state index in [1.807, 2.05) is 6.92 Å². The van der Waals surface area contributed by atoms with Crippen molar-refractivity contribution in [2.45, 2.75) is 32.2 Å². The Labute approximate surface area is 161 Å². The molecule has 0 bridgehead atoms. The highest BCUT2D eigenvalue weighted by Gasteiger charge is 2.28. The summed E-state index contributed by atoms with van der Waals surface area (Å²) < 4.78 is 0.498. The van der Waals surface area contributed by atoms with Gasteiger partial charge in [0.15, 0.2) is 0 Å². The second-order valence-corrected chi connectivity index (χ2v) is 7.53. The lowest BCUT2D eigenvalue weighted by atomic mass is 10.1. The minimum absolute atomic E-state index is 0.158. The summed E-state index contributed by atoms with van der Waals surface area (Å²) in [4.78, 5) is 37.3. The van der Waals surface area contributed by atoms with E-state index in [1.165, 1.54) is 16.7 Å². The quantitative estimate of drug-likeness (QED) is 0.560. The summed E-state index contributed by atoms with van der Waals surface area (Å²) in [6, 6.07) is 5.54. The summed E-state index contributed by atoms with van der Waals surface area (Å²) in [6.07, 6.45) is 3.56. The fraction of sp³-hybridized carbons (Fsp3) is 0.333. The van der Waals surface area contributed by atoms with Crippen molar-refractivity contribution in [3.8, 4) is 0 Å². The zero-order chi connectivity index (χ0) is 19.3. The number of carbonyl (C=O) groups excluding carboxylic acids is 3. The number of carboxylic acid groups (broad SMARTS) is 1. The van der Waals surface area contributed by atoms with Crippen molar-refractivity contribution in [1.29, 1.82) is 0 Å². The van der Waals surface area contributed by atoms with Gasteiger partial charge in [0.05, 0.1) is 16.9 Å². The molecule has 2 rings (SSSR count). The maximum atomic E-state index is 12.2. The van der Waals surface area contributed by atoms with Crippen LogP contribution in [0.1, 0.15) is 42.1 Å². The highest BCUT2D eigenvalue weighted by atomic mass is 32.2. The number of nitrogens with zero attached hydrogens (tertiary/aromatic N) is 1. The van der Waals surface area contributed by atoms with Crippen molar-refractivity contribution < 1.29 is 19.5 Å². The van der Waals surface area contributed by atoms with E-state index in [0.717, 1.165) is 12.0 Å². The lowest BCUT2D eigenvalue weighted by molar-refractivity contribution is -0.308. The van der Waals surface area contributed by atoms with E-state index in [2.05, 4.69) is 5.32 Å². The average Bonchev–Trinajstić information content (AvgIpc) is 2.85. The molecule has 0 spiro atoms. The Hall–Kier alpha value is -2.19. The van der Waals surface area contributed by atoms with Crippen LogP contribution in [0.2, 0.25) is 0 Å². The number of hydrogen-bond acceptors (Lipinski definition) is 6. The third-order valence-electron chi connectivity index (χ3n) is 3.89. The third kappa shape index (κ3) is 4.92. The number of rotatable bonds is 7. The molecule has 1 heterocycles. The van der Waals surface area contributed by atoms with Gasteiger partial charge in [-0.3, -0.25) is 14.5 Å². The molecule has 26 heavy (non-hydrogen) atoms. The van der Waals surface area contributed by atoms with E-state index >= 15 is 0 Å². The van der Waals surface area contributed by atoms with Crippen LogP contribution in [0.15, 0.2) is 29.2 Å². The number of carbonyl (C=O) groups is 3. The Balaban J connectivity index is 2.07. The van der Waals surface area contributed by atoms with Gasteiger partial charge in [0.1, 0.15) is 4.32 Å². The normalized spacial score (nSPS) is 16.8. The van der Waals surface area contributed by atoms with E-state index < -0.39 is 17.9 Å². The molecule has 1 aliphatic rings. The summed E-state index contributed by atoms with van der Waals surface area (Å²) in [7, 11) is 1.62. The molecule has 2 amide bonds. The average molecular weight is 391 g/mol. The standard InChI is InChI=1S/C18H20N2O4S2/c1-3-4-5-13(17(23)24)19-15(21)12-8-6-11(7-9-12)10-14-16(22)20(2)18(25)26-14/h6-10,13H,3-5H2,1-2H3,(H,19,21)(H,23,24)/p-1/b14-10+/t13-/m1/s1. The first-order valence-corrected chi connectivity index (χ1v) is 9.39. The molecule has 0 aliphatic carbocycles. The highest BCUT2D eigenvalue weighted by molar-refractivity contribution is 8.26. The van der Waals surface area contributed by atoms with Crippen molar-refractivity contribution in [2.24, 2.45) is 0 Å². The van der Waals surface area contributed by atoms with Crippen LogP contribution in [0.3, 0.4) is 0 Å². The highest BCUT2D eigenvalue weighted by Crippen LogP contribution is 2.31. The van der Waals surface area contributed by atoms with Gasteiger partial charge in [0, 0.05) is 12.6 Å². The number of hydrogen-bond donors (Lipinski definition) is 1. The Morgan fingerprint density at radius 1 is 1.35 bits per heavy atom. The SMILES string of the molecule is CCCC[C@@H](NC(=O)c1ccc(/C=C2/SC(=S)N(C)C2=O)cc1)C(=O)[O-]. The van der Waals surface area contributed by atoms with Gasteiger partial charge >= 0.3 is 0 Å². The van der Waals surface area contributed by atoms with Crippen LogP contribution in [0.5, 0.6) is 0 Å². The van der Waals surface area contributed by atoms with E-state index in [1.54, 1.807) is 37.4 Å². The molecule has 138 valence electrons. The topological polar surface area (TPSA) is 89.5 Å². The second kappa shape index (κ2) is 8.95. The number of amides is 2. The molecule has 1 fully saturated rings. The predicted octanol–water partition coefficient (Wildman–Crippen LogP) is 1.56. The number of benzene rings is 1. The first-order valence-electron chi connectivity index (χ1n) is 8.16. The number of carboxylic acids is 1. The molecule has 0 radical (unpaired) electrons. The van der Waals surface area contributed by atoms with Crippen molar-refractivity contribution in [1.82, 2.24) is 10.2 Å². The van der Waals surface area contributed by atoms with Gasteiger partial charge in [0.25, 0.3) is 11.8 Å². The Morgan fingerprint density at radius 2 is 2.00 bits per heavy atom. The summed E-state index contributed by atoms with van der Waals surface area (Å²) in [5, 5.41) is 13.6. The molecule has 0 saturated carbocycles. The molecule has 1 N–H and O–H groups in total. The third-order valence-corrected chi connectivity index (χ3v) is 5.38. The molecule has 0 unspecified atom stereocenters. The Bertz CT molecular complexity index is 759. The van der Waals surface area contributed by atoms with E-state index in [0.29, 0.717) is 27.6 Å². The number of aliphatic carboxylic acids is 1. The lowest BCUT2D eigenvalue weighted by Gasteiger charge is -2.19. The number of unbranched alkanes of at least 4 members (excludes halogenated alkanes) is 1. The van der Waals surface area contributed by atoms with Crippen LogP contribution in [0.4, 0.5) is 0 Å². The molecular weight excluding hydrogens is 372 g/mol.